The Labute approximate surface area is 109 Å². The third kappa shape index (κ3) is 2.84. The number of ether oxygens (including phenoxy) is 1. The number of nitrogens with one attached hydrogen (secondary N) is 1. The van der Waals surface area contributed by atoms with Gasteiger partial charge in [-0.3, -0.25) is 4.79 Å². The van der Waals surface area contributed by atoms with Gasteiger partial charge in [0.05, 0.1) is 6.10 Å². The number of carbonyl (C=O) groups excluding carboxylic acids is 1. The van der Waals surface area contributed by atoms with Crippen LogP contribution in [0.25, 0.3) is 0 Å². The minimum absolute atomic E-state index is 0.230. The molecule has 1 saturated carbocycles. The smallest absolute Gasteiger partial charge is 0.239 e. The van der Waals surface area contributed by atoms with Gasteiger partial charge in [-0.2, -0.15) is 0 Å². The number of primary amides is 1. The molecule has 2 aliphatic rings. The maximum absolute atomic E-state index is 11.8. The molecule has 5 nitrogen and oxygen atoms in total. The molecule has 1 saturated heterocycles. The summed E-state index contributed by atoms with van der Waals surface area (Å²) in [4.78, 5) is 14.0. The van der Waals surface area contributed by atoms with Gasteiger partial charge >= 0.3 is 0 Å². The van der Waals surface area contributed by atoms with Gasteiger partial charge in [0.25, 0.3) is 0 Å². The van der Waals surface area contributed by atoms with Crippen LogP contribution in [0.3, 0.4) is 0 Å². The third-order valence-corrected chi connectivity index (χ3v) is 4.22. The average Bonchev–Trinajstić information content (AvgIpc) is 3.06. The molecule has 0 spiro atoms. The van der Waals surface area contributed by atoms with Gasteiger partial charge in [-0.15, -0.1) is 0 Å². The Balaban J connectivity index is 1.93. The van der Waals surface area contributed by atoms with Crippen LogP contribution in [0.2, 0.25) is 0 Å². The maximum Gasteiger partial charge on any atom is 0.239 e. The Hall–Kier alpha value is -0.650. The molecule has 3 N–H and O–H groups in total. The van der Waals surface area contributed by atoms with E-state index in [1.54, 1.807) is 0 Å². The van der Waals surface area contributed by atoms with Crippen molar-refractivity contribution in [2.24, 2.45) is 11.7 Å². The third-order valence-electron chi connectivity index (χ3n) is 4.22. The predicted molar refractivity (Wildman–Crippen MR) is 70.2 cm³/mol. The normalized spacial score (nSPS) is 27.4. The van der Waals surface area contributed by atoms with Crippen LogP contribution in [0.1, 0.15) is 25.7 Å². The molecule has 2 atom stereocenters. The topological polar surface area (TPSA) is 67.6 Å². The molecule has 0 bridgehead atoms. The van der Waals surface area contributed by atoms with Crippen LogP contribution in [0, 0.1) is 5.92 Å². The molecule has 0 radical (unpaired) electrons. The summed E-state index contributed by atoms with van der Waals surface area (Å²) in [6.45, 7) is 2.42. The molecule has 2 unspecified atom stereocenters. The lowest BCUT2D eigenvalue weighted by Crippen LogP contribution is -2.62. The minimum Gasteiger partial charge on any atom is -0.377 e. The summed E-state index contributed by atoms with van der Waals surface area (Å²) in [6, 6.07) is 0. The first-order valence-electron chi connectivity index (χ1n) is 6.87. The molecule has 1 aliphatic carbocycles. The second-order valence-corrected chi connectivity index (χ2v) is 5.69. The lowest BCUT2D eigenvalue weighted by Gasteiger charge is -2.35. The monoisotopic (exact) mass is 255 g/mol. The number of amides is 1. The Morgan fingerprint density at radius 2 is 2.22 bits per heavy atom. The highest BCUT2D eigenvalue weighted by Crippen LogP contribution is 2.40. The van der Waals surface area contributed by atoms with Gasteiger partial charge in [0.1, 0.15) is 5.54 Å². The fraction of sp³-hybridized carbons (Fsp3) is 0.923. The van der Waals surface area contributed by atoms with E-state index in [9.17, 15) is 4.79 Å². The zero-order valence-electron chi connectivity index (χ0n) is 11.4. The van der Waals surface area contributed by atoms with E-state index in [4.69, 9.17) is 10.5 Å². The van der Waals surface area contributed by atoms with Crippen molar-refractivity contribution in [3.8, 4) is 0 Å². The number of rotatable bonds is 7. The van der Waals surface area contributed by atoms with E-state index in [0.717, 1.165) is 38.8 Å². The highest BCUT2D eigenvalue weighted by molar-refractivity contribution is 5.85. The Morgan fingerprint density at radius 3 is 2.67 bits per heavy atom. The summed E-state index contributed by atoms with van der Waals surface area (Å²) >= 11 is 0. The molecule has 2 rings (SSSR count). The van der Waals surface area contributed by atoms with Crippen LogP contribution >= 0.6 is 0 Å². The standard InChI is InChI=1S/C13H25N3O2/c1-15-13(12(14)17,10-5-6-10)9-16(2)8-11-4-3-7-18-11/h10-11,15H,3-9H2,1-2H3,(H2,14,17). The van der Waals surface area contributed by atoms with Gasteiger partial charge < -0.3 is 20.7 Å². The van der Waals surface area contributed by atoms with Crippen LogP contribution in [0.4, 0.5) is 0 Å². The Kier molecular flexibility index (Phi) is 4.25. The molecule has 104 valence electrons. The summed E-state index contributed by atoms with van der Waals surface area (Å²) in [5.74, 6) is 0.165. The number of nitrogens with zero attached hydrogens (tertiary/aromatic N) is 1. The van der Waals surface area contributed by atoms with E-state index in [1.807, 2.05) is 14.1 Å². The van der Waals surface area contributed by atoms with Crippen LogP contribution in [0.15, 0.2) is 0 Å². The van der Waals surface area contributed by atoms with Crippen LogP contribution in [-0.4, -0.2) is 56.2 Å². The van der Waals surface area contributed by atoms with Crippen molar-refractivity contribution in [2.75, 3.05) is 33.8 Å². The summed E-state index contributed by atoms with van der Waals surface area (Å²) in [7, 11) is 3.88. The lowest BCUT2D eigenvalue weighted by molar-refractivity contribution is -0.126. The molecule has 0 aromatic rings. The van der Waals surface area contributed by atoms with E-state index >= 15 is 0 Å². The summed E-state index contributed by atoms with van der Waals surface area (Å²) in [6.07, 6.45) is 4.77. The fourth-order valence-corrected chi connectivity index (χ4v) is 3.02. The van der Waals surface area contributed by atoms with Gasteiger partial charge in [0.15, 0.2) is 0 Å². The number of nitrogens with two attached hydrogens (primary N) is 1. The van der Waals surface area contributed by atoms with Gasteiger partial charge in [0, 0.05) is 19.7 Å². The molecule has 0 aromatic heterocycles. The van der Waals surface area contributed by atoms with Crippen LogP contribution < -0.4 is 11.1 Å². The van der Waals surface area contributed by atoms with Gasteiger partial charge in [0.2, 0.25) is 5.91 Å². The van der Waals surface area contributed by atoms with E-state index in [2.05, 4.69) is 10.2 Å². The van der Waals surface area contributed by atoms with Crippen molar-refractivity contribution >= 4 is 5.91 Å². The van der Waals surface area contributed by atoms with E-state index in [0.29, 0.717) is 18.6 Å². The van der Waals surface area contributed by atoms with Crippen molar-refractivity contribution in [3.05, 3.63) is 0 Å². The predicted octanol–water partition coefficient (Wildman–Crippen LogP) is -0.0493. The second-order valence-electron chi connectivity index (χ2n) is 5.69. The molecule has 0 aromatic carbocycles. The lowest BCUT2D eigenvalue weighted by atomic mass is 9.91. The van der Waals surface area contributed by atoms with E-state index in [1.165, 1.54) is 0 Å². The zero-order chi connectivity index (χ0) is 13.2. The molecular formula is C13H25N3O2. The first-order chi connectivity index (χ1) is 8.58. The molecule has 2 fully saturated rings. The van der Waals surface area contributed by atoms with Crippen molar-refractivity contribution in [1.82, 2.24) is 10.2 Å². The highest BCUT2D eigenvalue weighted by atomic mass is 16.5. The summed E-state index contributed by atoms with van der Waals surface area (Å²) in [5.41, 5.74) is 5.06. The molecular weight excluding hydrogens is 230 g/mol. The van der Waals surface area contributed by atoms with Gasteiger partial charge in [-0.1, -0.05) is 0 Å². The fourth-order valence-electron chi connectivity index (χ4n) is 3.02. The summed E-state index contributed by atoms with van der Waals surface area (Å²) < 4.78 is 5.63. The molecule has 1 heterocycles. The van der Waals surface area contributed by atoms with Gasteiger partial charge in [-0.25, -0.2) is 0 Å². The Morgan fingerprint density at radius 1 is 1.50 bits per heavy atom. The molecule has 1 amide bonds. The maximum atomic E-state index is 11.8. The second kappa shape index (κ2) is 5.55. The van der Waals surface area contributed by atoms with E-state index in [-0.39, 0.29) is 5.91 Å². The minimum atomic E-state index is -0.562. The number of likely N-dealkylation sites (N-methyl/N-ethyl adjacent to an activating group) is 2. The van der Waals surface area contributed by atoms with Crippen molar-refractivity contribution in [3.63, 3.8) is 0 Å². The van der Waals surface area contributed by atoms with E-state index < -0.39 is 5.54 Å². The first-order valence-corrected chi connectivity index (χ1v) is 6.87. The first kappa shape index (κ1) is 13.8. The summed E-state index contributed by atoms with van der Waals surface area (Å²) in [5, 5.41) is 3.18. The molecule has 1 aliphatic heterocycles. The molecule has 5 heteroatoms. The number of hydrogen-bond donors (Lipinski definition) is 2. The van der Waals surface area contributed by atoms with Crippen molar-refractivity contribution in [1.29, 1.82) is 0 Å². The quantitative estimate of drug-likeness (QED) is 0.669. The van der Waals surface area contributed by atoms with Gasteiger partial charge in [-0.05, 0) is 45.7 Å². The van der Waals surface area contributed by atoms with Crippen molar-refractivity contribution < 1.29 is 9.53 Å². The van der Waals surface area contributed by atoms with Crippen molar-refractivity contribution in [2.45, 2.75) is 37.3 Å². The Bertz CT molecular complexity index is 301. The average molecular weight is 255 g/mol. The largest absolute Gasteiger partial charge is 0.377 e. The number of hydrogen-bond acceptors (Lipinski definition) is 4. The van der Waals surface area contributed by atoms with Crippen LogP contribution in [-0.2, 0) is 9.53 Å². The highest BCUT2D eigenvalue weighted by Gasteiger charge is 2.49. The number of carbonyl (C=O) groups is 1. The molecule has 18 heavy (non-hydrogen) atoms. The SMILES string of the molecule is CNC(CN(C)CC1CCCO1)(C(N)=O)C1CC1. The zero-order valence-corrected chi connectivity index (χ0v) is 11.4. The van der Waals surface area contributed by atoms with Crippen LogP contribution in [0.5, 0.6) is 0 Å².